The van der Waals surface area contributed by atoms with E-state index in [1.807, 2.05) is 25.1 Å². The molecule has 0 aliphatic carbocycles. The third-order valence-corrected chi connectivity index (χ3v) is 3.16. The average Bonchev–Trinajstić information content (AvgIpc) is 2.82. The quantitative estimate of drug-likeness (QED) is 0.870. The van der Waals surface area contributed by atoms with E-state index in [0.29, 0.717) is 16.8 Å². The number of anilines is 1. The zero-order valence-corrected chi connectivity index (χ0v) is 12.3. The Labute approximate surface area is 119 Å². The van der Waals surface area contributed by atoms with Gasteiger partial charge >= 0.3 is 5.97 Å². The van der Waals surface area contributed by atoms with E-state index < -0.39 is 0 Å². The third-order valence-electron chi connectivity index (χ3n) is 2.73. The van der Waals surface area contributed by atoms with Gasteiger partial charge < -0.3 is 14.5 Å². The zero-order chi connectivity index (χ0) is 13.8. The zero-order valence-electron chi connectivity index (χ0n) is 10.7. The van der Waals surface area contributed by atoms with Crippen LogP contribution in [0.2, 0.25) is 0 Å². The van der Waals surface area contributed by atoms with Crippen LogP contribution in [-0.2, 0) is 11.3 Å². The Bertz CT molecular complexity index is 592. The summed E-state index contributed by atoms with van der Waals surface area (Å²) in [4.78, 5) is 11.4. The fourth-order valence-electron chi connectivity index (χ4n) is 1.74. The Morgan fingerprint density at radius 1 is 1.37 bits per heavy atom. The van der Waals surface area contributed by atoms with Crippen molar-refractivity contribution < 1.29 is 13.9 Å². The van der Waals surface area contributed by atoms with Crippen molar-refractivity contribution in [3.8, 4) is 0 Å². The largest absolute Gasteiger partial charge is 0.465 e. The number of halogens is 1. The molecule has 0 saturated carbocycles. The van der Waals surface area contributed by atoms with Crippen LogP contribution in [0.4, 0.5) is 5.69 Å². The number of furan rings is 1. The molecule has 1 aromatic carbocycles. The molecule has 0 unspecified atom stereocenters. The van der Waals surface area contributed by atoms with Crippen LogP contribution in [0.15, 0.2) is 39.4 Å². The number of carbonyl (C=O) groups excluding carboxylic acids is 1. The number of hydrogen-bond donors (Lipinski definition) is 1. The molecule has 2 rings (SSSR count). The topological polar surface area (TPSA) is 51.5 Å². The number of rotatable bonds is 4. The number of aryl methyl sites for hydroxylation is 1. The number of nitrogens with one attached hydrogen (secondary N) is 1. The lowest BCUT2D eigenvalue weighted by Gasteiger charge is -2.09. The van der Waals surface area contributed by atoms with Gasteiger partial charge in [0.15, 0.2) is 4.67 Å². The first-order chi connectivity index (χ1) is 9.10. The number of hydrogen-bond acceptors (Lipinski definition) is 4. The minimum atomic E-state index is -0.329. The SMILES string of the molecule is COC(=O)c1ccc(NCc2ccc(Br)o2)c(C)c1. The normalized spacial score (nSPS) is 10.3. The second-order valence-corrected chi connectivity index (χ2v) is 4.86. The van der Waals surface area contributed by atoms with E-state index in [9.17, 15) is 4.79 Å². The summed E-state index contributed by atoms with van der Waals surface area (Å²) in [6, 6.07) is 9.14. The highest BCUT2D eigenvalue weighted by Crippen LogP contribution is 2.19. The van der Waals surface area contributed by atoms with Crippen molar-refractivity contribution in [1.29, 1.82) is 0 Å². The molecule has 2 aromatic rings. The van der Waals surface area contributed by atoms with Crippen LogP contribution < -0.4 is 5.32 Å². The highest BCUT2D eigenvalue weighted by atomic mass is 79.9. The molecule has 0 aliphatic rings. The molecule has 5 heteroatoms. The molecule has 0 fully saturated rings. The minimum absolute atomic E-state index is 0.329. The minimum Gasteiger partial charge on any atom is -0.465 e. The standard InChI is InChI=1S/C14H14BrNO3/c1-9-7-10(14(17)18-2)3-5-12(9)16-8-11-4-6-13(15)19-11/h3-7,16H,8H2,1-2H3. The Balaban J connectivity index is 2.07. The van der Waals surface area contributed by atoms with Crippen molar-refractivity contribution in [2.45, 2.75) is 13.5 Å². The molecule has 1 heterocycles. The lowest BCUT2D eigenvalue weighted by Crippen LogP contribution is -2.04. The summed E-state index contributed by atoms with van der Waals surface area (Å²) in [6.07, 6.45) is 0. The second kappa shape index (κ2) is 5.93. The van der Waals surface area contributed by atoms with Crippen LogP contribution in [0.5, 0.6) is 0 Å². The van der Waals surface area contributed by atoms with Gasteiger partial charge in [-0.05, 0) is 58.7 Å². The summed E-state index contributed by atoms with van der Waals surface area (Å²) in [6.45, 7) is 2.52. The van der Waals surface area contributed by atoms with Gasteiger partial charge in [-0.3, -0.25) is 0 Å². The summed E-state index contributed by atoms with van der Waals surface area (Å²) >= 11 is 3.26. The molecule has 0 amide bonds. The van der Waals surface area contributed by atoms with Crippen molar-refractivity contribution in [3.63, 3.8) is 0 Å². The van der Waals surface area contributed by atoms with E-state index in [2.05, 4.69) is 26.0 Å². The molecule has 100 valence electrons. The predicted octanol–water partition coefficient (Wildman–Crippen LogP) is 3.75. The van der Waals surface area contributed by atoms with E-state index in [4.69, 9.17) is 4.42 Å². The Morgan fingerprint density at radius 3 is 2.74 bits per heavy atom. The maximum Gasteiger partial charge on any atom is 0.337 e. The smallest absolute Gasteiger partial charge is 0.337 e. The van der Waals surface area contributed by atoms with Crippen LogP contribution in [0.3, 0.4) is 0 Å². The van der Waals surface area contributed by atoms with Crippen LogP contribution in [0.25, 0.3) is 0 Å². The molecule has 0 saturated heterocycles. The molecule has 0 radical (unpaired) electrons. The van der Waals surface area contributed by atoms with Crippen molar-refractivity contribution in [2.24, 2.45) is 0 Å². The van der Waals surface area contributed by atoms with Crippen molar-refractivity contribution in [2.75, 3.05) is 12.4 Å². The third kappa shape index (κ3) is 3.38. The molecule has 1 aromatic heterocycles. The molecule has 0 aliphatic heterocycles. The van der Waals surface area contributed by atoms with Gasteiger partial charge in [-0.1, -0.05) is 0 Å². The lowest BCUT2D eigenvalue weighted by molar-refractivity contribution is 0.0600. The maximum atomic E-state index is 11.4. The summed E-state index contributed by atoms with van der Waals surface area (Å²) in [5.74, 6) is 0.507. The van der Waals surface area contributed by atoms with E-state index in [-0.39, 0.29) is 5.97 Å². The van der Waals surface area contributed by atoms with E-state index in [1.165, 1.54) is 7.11 Å². The number of esters is 1. The summed E-state index contributed by atoms with van der Waals surface area (Å²) in [5.41, 5.74) is 2.49. The van der Waals surface area contributed by atoms with E-state index >= 15 is 0 Å². The van der Waals surface area contributed by atoms with Gasteiger partial charge in [-0.15, -0.1) is 0 Å². The first-order valence-electron chi connectivity index (χ1n) is 5.77. The molecule has 0 bridgehead atoms. The molecule has 1 N–H and O–H groups in total. The molecule has 19 heavy (non-hydrogen) atoms. The second-order valence-electron chi connectivity index (χ2n) is 4.08. The van der Waals surface area contributed by atoms with Crippen molar-refractivity contribution >= 4 is 27.6 Å². The monoisotopic (exact) mass is 323 g/mol. The van der Waals surface area contributed by atoms with Gasteiger partial charge in [0, 0.05) is 5.69 Å². The number of methoxy groups -OCH3 is 1. The molecule has 4 nitrogen and oxygen atoms in total. The highest BCUT2D eigenvalue weighted by molar-refractivity contribution is 9.10. The fraction of sp³-hybridized carbons (Fsp3) is 0.214. The number of ether oxygens (including phenoxy) is 1. The Kier molecular flexibility index (Phi) is 4.27. The van der Waals surface area contributed by atoms with Crippen LogP contribution in [0, 0.1) is 6.92 Å². The first kappa shape index (κ1) is 13.7. The van der Waals surface area contributed by atoms with Gasteiger partial charge in [-0.25, -0.2) is 4.79 Å². The first-order valence-corrected chi connectivity index (χ1v) is 6.56. The van der Waals surface area contributed by atoms with E-state index in [0.717, 1.165) is 17.0 Å². The summed E-state index contributed by atoms with van der Waals surface area (Å²) < 4.78 is 10.8. The molecule has 0 atom stereocenters. The summed E-state index contributed by atoms with van der Waals surface area (Å²) in [5, 5.41) is 3.26. The van der Waals surface area contributed by atoms with Gasteiger partial charge in [-0.2, -0.15) is 0 Å². The molecular formula is C14H14BrNO3. The van der Waals surface area contributed by atoms with Crippen molar-refractivity contribution in [1.82, 2.24) is 0 Å². The van der Waals surface area contributed by atoms with Gasteiger partial charge in [0.2, 0.25) is 0 Å². The number of benzene rings is 1. The van der Waals surface area contributed by atoms with Gasteiger partial charge in [0.25, 0.3) is 0 Å². The molecule has 0 spiro atoms. The average molecular weight is 324 g/mol. The van der Waals surface area contributed by atoms with Crippen LogP contribution in [0.1, 0.15) is 21.7 Å². The fourth-order valence-corrected chi connectivity index (χ4v) is 2.08. The predicted molar refractivity (Wildman–Crippen MR) is 76.3 cm³/mol. The van der Waals surface area contributed by atoms with Crippen LogP contribution >= 0.6 is 15.9 Å². The molecular weight excluding hydrogens is 310 g/mol. The highest BCUT2D eigenvalue weighted by Gasteiger charge is 2.07. The summed E-state index contributed by atoms with van der Waals surface area (Å²) in [7, 11) is 1.37. The van der Waals surface area contributed by atoms with Crippen molar-refractivity contribution in [3.05, 3.63) is 51.9 Å². The van der Waals surface area contributed by atoms with Crippen LogP contribution in [-0.4, -0.2) is 13.1 Å². The number of carbonyl (C=O) groups is 1. The Morgan fingerprint density at radius 2 is 2.16 bits per heavy atom. The van der Waals surface area contributed by atoms with E-state index in [1.54, 1.807) is 12.1 Å². The van der Waals surface area contributed by atoms with Gasteiger partial charge in [0.05, 0.1) is 19.2 Å². The maximum absolute atomic E-state index is 11.4. The van der Waals surface area contributed by atoms with Gasteiger partial charge in [0.1, 0.15) is 5.76 Å². The lowest BCUT2D eigenvalue weighted by atomic mass is 10.1. The Hall–Kier alpha value is -1.75.